The van der Waals surface area contributed by atoms with Crippen LogP contribution in [0.25, 0.3) is 11.3 Å². The summed E-state index contributed by atoms with van der Waals surface area (Å²) in [6.07, 6.45) is 3.06. The van der Waals surface area contributed by atoms with Gasteiger partial charge in [-0.05, 0) is 31.0 Å². The Morgan fingerprint density at radius 2 is 1.96 bits per heavy atom. The van der Waals surface area contributed by atoms with Crippen molar-refractivity contribution >= 4 is 17.5 Å². The molecule has 0 aliphatic heterocycles. The number of halogens is 1. The van der Waals surface area contributed by atoms with Crippen LogP contribution in [0.2, 0.25) is 5.02 Å². The zero-order chi connectivity index (χ0) is 16.2. The molecule has 6 heteroatoms. The van der Waals surface area contributed by atoms with Crippen LogP contribution in [0.3, 0.4) is 0 Å². The average Bonchev–Trinajstić information content (AvgIpc) is 2.48. The molecule has 0 radical (unpaired) electrons. The molecule has 23 heavy (non-hydrogen) atoms. The first-order valence-corrected chi connectivity index (χ1v) is 8.13. The first kappa shape index (κ1) is 15.7. The lowest BCUT2D eigenvalue weighted by Crippen LogP contribution is -2.37. The summed E-state index contributed by atoms with van der Waals surface area (Å²) in [5.41, 5.74) is 1.41. The zero-order valence-corrected chi connectivity index (χ0v) is 13.4. The Bertz CT molecular complexity index is 751. The lowest BCUT2D eigenvalue weighted by atomic mass is 9.85. The summed E-state index contributed by atoms with van der Waals surface area (Å²) in [6.45, 7) is 0.769. The minimum Gasteiger partial charge on any atom is -0.354 e. The van der Waals surface area contributed by atoms with Crippen molar-refractivity contribution in [2.45, 2.75) is 25.8 Å². The summed E-state index contributed by atoms with van der Waals surface area (Å²) in [4.78, 5) is 23.7. The van der Waals surface area contributed by atoms with Gasteiger partial charge in [0.25, 0.3) is 5.56 Å². The van der Waals surface area contributed by atoms with E-state index in [9.17, 15) is 9.59 Å². The summed E-state index contributed by atoms with van der Waals surface area (Å²) in [7, 11) is 0. The average molecular weight is 332 g/mol. The molecule has 5 nitrogen and oxygen atoms in total. The molecular formula is C17H18ClN3O2. The Labute approximate surface area is 139 Å². The SMILES string of the molecule is O=C(NCCn1nc(-c2ccc(Cl)cc2)ccc1=O)C1CCC1. The van der Waals surface area contributed by atoms with Gasteiger partial charge in [-0.25, -0.2) is 4.68 Å². The van der Waals surface area contributed by atoms with Gasteiger partial charge in [-0.15, -0.1) is 0 Å². The summed E-state index contributed by atoms with van der Waals surface area (Å²) >= 11 is 5.88. The van der Waals surface area contributed by atoms with Gasteiger partial charge in [0.05, 0.1) is 12.2 Å². The standard InChI is InChI=1S/C17H18ClN3O2/c18-14-6-4-12(5-7-14)15-8-9-16(22)21(20-15)11-10-19-17(23)13-2-1-3-13/h4-9,13H,1-3,10-11H2,(H,19,23). The van der Waals surface area contributed by atoms with Crippen LogP contribution in [0, 0.1) is 5.92 Å². The number of hydrogen-bond acceptors (Lipinski definition) is 3. The van der Waals surface area contributed by atoms with Crippen molar-refractivity contribution in [1.29, 1.82) is 0 Å². The fourth-order valence-electron chi connectivity index (χ4n) is 2.48. The van der Waals surface area contributed by atoms with E-state index in [0.29, 0.717) is 23.8 Å². The quantitative estimate of drug-likeness (QED) is 0.915. The molecule has 1 saturated carbocycles. The Balaban J connectivity index is 1.66. The predicted octanol–water partition coefficient (Wildman–Crippen LogP) is 2.48. The Morgan fingerprint density at radius 3 is 2.61 bits per heavy atom. The normalized spacial score (nSPS) is 14.3. The molecule has 0 spiro atoms. The maximum atomic E-state index is 11.9. The van der Waals surface area contributed by atoms with Crippen molar-refractivity contribution in [3.8, 4) is 11.3 Å². The maximum Gasteiger partial charge on any atom is 0.266 e. The van der Waals surface area contributed by atoms with Crippen LogP contribution in [-0.2, 0) is 11.3 Å². The Morgan fingerprint density at radius 1 is 1.22 bits per heavy atom. The van der Waals surface area contributed by atoms with E-state index in [1.807, 2.05) is 12.1 Å². The van der Waals surface area contributed by atoms with E-state index in [1.54, 1.807) is 18.2 Å². The van der Waals surface area contributed by atoms with Crippen molar-refractivity contribution < 1.29 is 4.79 Å². The highest BCUT2D eigenvalue weighted by atomic mass is 35.5. The molecule has 1 amide bonds. The molecule has 1 aliphatic carbocycles. The van der Waals surface area contributed by atoms with Crippen LogP contribution >= 0.6 is 11.6 Å². The molecule has 1 aliphatic rings. The fourth-order valence-corrected chi connectivity index (χ4v) is 2.61. The molecule has 1 fully saturated rings. The van der Waals surface area contributed by atoms with Gasteiger partial charge < -0.3 is 5.32 Å². The van der Waals surface area contributed by atoms with E-state index in [4.69, 9.17) is 11.6 Å². The second kappa shape index (κ2) is 6.96. The number of nitrogens with one attached hydrogen (secondary N) is 1. The van der Waals surface area contributed by atoms with Crippen LogP contribution in [0.1, 0.15) is 19.3 Å². The third-order valence-corrected chi connectivity index (χ3v) is 4.36. The summed E-state index contributed by atoms with van der Waals surface area (Å²) in [6, 6.07) is 10.5. The molecule has 0 bridgehead atoms. The molecule has 120 valence electrons. The molecule has 1 N–H and O–H groups in total. The molecule has 3 rings (SSSR count). The van der Waals surface area contributed by atoms with Crippen LogP contribution in [0.4, 0.5) is 0 Å². The van der Waals surface area contributed by atoms with Crippen molar-refractivity contribution in [1.82, 2.24) is 15.1 Å². The summed E-state index contributed by atoms with van der Waals surface area (Å²) in [5, 5.41) is 7.88. The van der Waals surface area contributed by atoms with Gasteiger partial charge in [0.15, 0.2) is 0 Å². The second-order valence-electron chi connectivity index (χ2n) is 5.71. The lowest BCUT2D eigenvalue weighted by Gasteiger charge is -2.24. The molecule has 1 heterocycles. The van der Waals surface area contributed by atoms with Crippen LogP contribution in [0.5, 0.6) is 0 Å². The van der Waals surface area contributed by atoms with Crippen LogP contribution in [-0.4, -0.2) is 22.2 Å². The van der Waals surface area contributed by atoms with Gasteiger partial charge in [0.1, 0.15) is 0 Å². The largest absolute Gasteiger partial charge is 0.354 e. The number of hydrogen-bond donors (Lipinski definition) is 1. The first-order valence-electron chi connectivity index (χ1n) is 7.75. The summed E-state index contributed by atoms with van der Waals surface area (Å²) in [5.74, 6) is 0.234. The Kier molecular flexibility index (Phi) is 4.76. The molecule has 2 aromatic rings. The molecule has 0 unspecified atom stereocenters. The van der Waals surface area contributed by atoms with Gasteiger partial charge in [-0.1, -0.05) is 30.2 Å². The van der Waals surface area contributed by atoms with Crippen LogP contribution < -0.4 is 10.9 Å². The van der Waals surface area contributed by atoms with E-state index in [1.165, 1.54) is 10.7 Å². The Hall–Kier alpha value is -2.14. The van der Waals surface area contributed by atoms with Crippen LogP contribution in [0.15, 0.2) is 41.2 Å². The van der Waals surface area contributed by atoms with E-state index in [2.05, 4.69) is 10.4 Å². The highest BCUT2D eigenvalue weighted by Crippen LogP contribution is 2.26. The van der Waals surface area contributed by atoms with Gasteiger partial charge in [-0.3, -0.25) is 9.59 Å². The number of aromatic nitrogens is 2. The van der Waals surface area contributed by atoms with E-state index in [-0.39, 0.29) is 17.4 Å². The smallest absolute Gasteiger partial charge is 0.266 e. The topological polar surface area (TPSA) is 64.0 Å². The van der Waals surface area contributed by atoms with Crippen molar-refractivity contribution in [3.63, 3.8) is 0 Å². The zero-order valence-electron chi connectivity index (χ0n) is 12.7. The third kappa shape index (κ3) is 3.79. The van der Waals surface area contributed by atoms with Gasteiger partial charge in [0, 0.05) is 29.1 Å². The second-order valence-corrected chi connectivity index (χ2v) is 6.14. The number of carbonyl (C=O) groups excluding carboxylic acids is 1. The number of amides is 1. The van der Waals surface area contributed by atoms with Crippen molar-refractivity contribution in [2.75, 3.05) is 6.54 Å². The number of rotatable bonds is 5. The van der Waals surface area contributed by atoms with Gasteiger partial charge in [-0.2, -0.15) is 5.10 Å². The van der Waals surface area contributed by atoms with E-state index in [0.717, 1.165) is 24.8 Å². The highest BCUT2D eigenvalue weighted by molar-refractivity contribution is 6.30. The van der Waals surface area contributed by atoms with E-state index >= 15 is 0 Å². The first-order chi connectivity index (χ1) is 11.1. The minimum absolute atomic E-state index is 0.0816. The molecule has 1 aromatic carbocycles. The lowest BCUT2D eigenvalue weighted by molar-refractivity contribution is -0.127. The molecule has 0 saturated heterocycles. The fraction of sp³-hybridized carbons (Fsp3) is 0.353. The molecule has 1 aromatic heterocycles. The molecule has 0 atom stereocenters. The minimum atomic E-state index is -0.180. The van der Waals surface area contributed by atoms with Crippen molar-refractivity contribution in [2.24, 2.45) is 5.92 Å². The number of carbonyl (C=O) groups is 1. The summed E-state index contributed by atoms with van der Waals surface area (Å²) < 4.78 is 1.38. The third-order valence-electron chi connectivity index (χ3n) is 4.11. The monoisotopic (exact) mass is 331 g/mol. The highest BCUT2D eigenvalue weighted by Gasteiger charge is 2.24. The predicted molar refractivity (Wildman–Crippen MR) is 89.3 cm³/mol. The molecular weight excluding hydrogens is 314 g/mol. The van der Waals surface area contributed by atoms with Gasteiger partial charge in [0.2, 0.25) is 5.91 Å². The van der Waals surface area contributed by atoms with E-state index < -0.39 is 0 Å². The number of benzene rings is 1. The van der Waals surface area contributed by atoms with Gasteiger partial charge >= 0.3 is 0 Å². The van der Waals surface area contributed by atoms with Crippen molar-refractivity contribution in [3.05, 3.63) is 51.8 Å². The maximum absolute atomic E-state index is 11.9. The number of nitrogens with zero attached hydrogens (tertiary/aromatic N) is 2.